The van der Waals surface area contributed by atoms with E-state index in [0.717, 1.165) is 0 Å². The SMILES string of the molecule is Cn1ncc(Cl)c1CNC(=O)c1ccc(COc2c(Cl)cc(Cl)cc2Cl)o1. The highest BCUT2D eigenvalue weighted by Crippen LogP contribution is 2.36. The average Bonchev–Trinajstić information content (AvgIpc) is 3.19. The molecule has 6 nitrogen and oxygen atoms in total. The van der Waals surface area contributed by atoms with Gasteiger partial charge in [0.05, 0.1) is 33.5 Å². The Morgan fingerprint density at radius 2 is 1.89 bits per heavy atom. The van der Waals surface area contributed by atoms with Crippen LogP contribution in [0.4, 0.5) is 0 Å². The second-order valence-corrected chi connectivity index (χ2v) is 7.16. The van der Waals surface area contributed by atoms with Crippen LogP contribution in [0, 0.1) is 0 Å². The lowest BCUT2D eigenvalue weighted by Gasteiger charge is -2.09. The van der Waals surface area contributed by atoms with Gasteiger partial charge < -0.3 is 14.5 Å². The number of hydrogen-bond donors (Lipinski definition) is 1. The van der Waals surface area contributed by atoms with Crippen molar-refractivity contribution in [3.8, 4) is 5.75 Å². The van der Waals surface area contributed by atoms with Crippen molar-refractivity contribution in [3.05, 3.63) is 67.8 Å². The van der Waals surface area contributed by atoms with Crippen molar-refractivity contribution >= 4 is 52.3 Å². The minimum atomic E-state index is -0.388. The fourth-order valence-corrected chi connectivity index (χ4v) is 3.43. The van der Waals surface area contributed by atoms with E-state index in [9.17, 15) is 4.79 Å². The summed E-state index contributed by atoms with van der Waals surface area (Å²) in [5.41, 5.74) is 0.687. The van der Waals surface area contributed by atoms with Gasteiger partial charge in [-0.1, -0.05) is 46.4 Å². The maximum Gasteiger partial charge on any atom is 0.287 e. The second kappa shape index (κ2) is 8.44. The van der Waals surface area contributed by atoms with E-state index in [2.05, 4.69) is 10.4 Å². The first-order valence-corrected chi connectivity index (χ1v) is 9.17. The number of rotatable bonds is 6. The Labute approximate surface area is 174 Å². The van der Waals surface area contributed by atoms with Crippen LogP contribution in [-0.4, -0.2) is 15.7 Å². The predicted molar refractivity (Wildman–Crippen MR) is 104 cm³/mol. The maximum atomic E-state index is 12.2. The van der Waals surface area contributed by atoms with Gasteiger partial charge in [0.2, 0.25) is 0 Å². The lowest BCUT2D eigenvalue weighted by Crippen LogP contribution is -2.23. The maximum absolute atomic E-state index is 12.2. The normalized spacial score (nSPS) is 10.9. The zero-order valence-electron chi connectivity index (χ0n) is 13.9. The van der Waals surface area contributed by atoms with Crippen LogP contribution >= 0.6 is 46.4 Å². The molecule has 1 aromatic carbocycles. The van der Waals surface area contributed by atoms with Crippen molar-refractivity contribution in [2.24, 2.45) is 7.05 Å². The molecule has 2 heterocycles. The van der Waals surface area contributed by atoms with Gasteiger partial charge in [0.25, 0.3) is 5.91 Å². The molecule has 0 aliphatic rings. The highest BCUT2D eigenvalue weighted by atomic mass is 35.5. The summed E-state index contributed by atoms with van der Waals surface area (Å²) >= 11 is 24.0. The summed E-state index contributed by atoms with van der Waals surface area (Å²) < 4.78 is 12.7. The first-order valence-electron chi connectivity index (χ1n) is 7.65. The molecule has 0 radical (unpaired) electrons. The Morgan fingerprint density at radius 1 is 1.19 bits per heavy atom. The number of halogens is 4. The van der Waals surface area contributed by atoms with Crippen molar-refractivity contribution in [2.75, 3.05) is 0 Å². The molecule has 27 heavy (non-hydrogen) atoms. The van der Waals surface area contributed by atoms with E-state index in [4.69, 9.17) is 55.6 Å². The predicted octanol–water partition coefficient (Wildman–Crippen LogP) is 5.14. The number of aryl methyl sites for hydroxylation is 1. The van der Waals surface area contributed by atoms with E-state index < -0.39 is 0 Å². The third-order valence-electron chi connectivity index (χ3n) is 3.63. The Balaban J connectivity index is 1.60. The number of nitrogens with one attached hydrogen (secondary N) is 1. The molecule has 3 aromatic rings. The quantitative estimate of drug-likeness (QED) is 0.567. The summed E-state index contributed by atoms with van der Waals surface area (Å²) in [4.78, 5) is 12.2. The Kier molecular flexibility index (Phi) is 6.22. The minimum absolute atomic E-state index is 0.0436. The smallest absolute Gasteiger partial charge is 0.287 e. The monoisotopic (exact) mass is 447 g/mol. The number of amides is 1. The van der Waals surface area contributed by atoms with Gasteiger partial charge >= 0.3 is 0 Å². The van der Waals surface area contributed by atoms with Gasteiger partial charge in [-0.2, -0.15) is 5.10 Å². The lowest BCUT2D eigenvalue weighted by molar-refractivity contribution is 0.0918. The number of hydrogen-bond acceptors (Lipinski definition) is 4. The zero-order chi connectivity index (χ0) is 19.6. The van der Waals surface area contributed by atoms with Gasteiger partial charge in [-0.15, -0.1) is 0 Å². The van der Waals surface area contributed by atoms with Crippen molar-refractivity contribution in [1.29, 1.82) is 0 Å². The van der Waals surface area contributed by atoms with Crippen LogP contribution < -0.4 is 10.1 Å². The van der Waals surface area contributed by atoms with E-state index in [1.807, 2.05) is 0 Å². The summed E-state index contributed by atoms with van der Waals surface area (Å²) in [5.74, 6) is 0.470. The largest absolute Gasteiger partial charge is 0.483 e. The van der Waals surface area contributed by atoms with Crippen molar-refractivity contribution in [2.45, 2.75) is 13.2 Å². The Bertz CT molecular complexity index is 941. The van der Waals surface area contributed by atoms with Crippen LogP contribution in [0.3, 0.4) is 0 Å². The van der Waals surface area contributed by atoms with Crippen LogP contribution in [0.1, 0.15) is 22.0 Å². The van der Waals surface area contributed by atoms with E-state index in [1.54, 1.807) is 23.9 Å². The summed E-state index contributed by atoms with van der Waals surface area (Å²) in [6.07, 6.45) is 1.51. The van der Waals surface area contributed by atoms with Gasteiger partial charge in [-0.3, -0.25) is 9.48 Å². The molecule has 1 N–H and O–H groups in total. The van der Waals surface area contributed by atoms with E-state index in [-0.39, 0.29) is 40.6 Å². The van der Waals surface area contributed by atoms with Crippen molar-refractivity contribution in [1.82, 2.24) is 15.1 Å². The highest BCUT2D eigenvalue weighted by molar-refractivity contribution is 6.40. The van der Waals surface area contributed by atoms with Gasteiger partial charge in [-0.25, -0.2) is 0 Å². The summed E-state index contributed by atoms with van der Waals surface area (Å²) in [7, 11) is 1.74. The second-order valence-electron chi connectivity index (χ2n) is 5.50. The van der Waals surface area contributed by atoms with E-state index >= 15 is 0 Å². The number of ether oxygens (including phenoxy) is 1. The molecular formula is C17H13Cl4N3O3. The molecular weight excluding hydrogens is 436 g/mol. The fraction of sp³-hybridized carbons (Fsp3) is 0.176. The minimum Gasteiger partial charge on any atom is -0.483 e. The molecule has 0 spiro atoms. The van der Waals surface area contributed by atoms with Gasteiger partial charge in [0.15, 0.2) is 11.5 Å². The average molecular weight is 449 g/mol. The summed E-state index contributed by atoms with van der Waals surface area (Å²) in [5, 5.41) is 8.17. The van der Waals surface area contributed by atoms with Crippen LogP contribution in [0.15, 0.2) is 34.9 Å². The highest BCUT2D eigenvalue weighted by Gasteiger charge is 2.15. The number of nitrogens with zero attached hydrogens (tertiary/aromatic N) is 2. The van der Waals surface area contributed by atoms with E-state index in [1.165, 1.54) is 18.3 Å². The first-order chi connectivity index (χ1) is 12.8. The molecule has 0 atom stereocenters. The third kappa shape index (κ3) is 4.71. The first kappa shape index (κ1) is 19.9. The Hall–Kier alpha value is -1.86. The molecule has 0 saturated heterocycles. The number of carbonyl (C=O) groups is 1. The molecule has 0 saturated carbocycles. The van der Waals surface area contributed by atoms with Gasteiger partial charge in [0.1, 0.15) is 12.4 Å². The Morgan fingerprint density at radius 3 is 2.52 bits per heavy atom. The number of aromatic nitrogens is 2. The zero-order valence-corrected chi connectivity index (χ0v) is 17.0. The van der Waals surface area contributed by atoms with Crippen LogP contribution in [-0.2, 0) is 20.2 Å². The summed E-state index contributed by atoms with van der Waals surface area (Å²) in [6.45, 7) is 0.263. The molecule has 0 fully saturated rings. The van der Waals surface area contributed by atoms with Crippen LogP contribution in [0.2, 0.25) is 20.1 Å². The van der Waals surface area contributed by atoms with Gasteiger partial charge in [0, 0.05) is 12.1 Å². The molecule has 0 aliphatic carbocycles. The third-order valence-corrected chi connectivity index (χ3v) is 4.73. The molecule has 142 valence electrons. The fourth-order valence-electron chi connectivity index (χ4n) is 2.27. The standard InChI is InChI=1S/C17H13Cl4N3O3/c1-24-14(13(21)6-23-24)7-22-17(25)15-3-2-10(27-15)8-26-16-11(19)4-9(18)5-12(16)20/h2-6H,7-8H2,1H3,(H,22,25). The lowest BCUT2D eigenvalue weighted by atomic mass is 10.3. The molecule has 3 rings (SSSR count). The number of benzene rings is 1. The topological polar surface area (TPSA) is 69.3 Å². The van der Waals surface area contributed by atoms with Crippen molar-refractivity contribution < 1.29 is 13.9 Å². The number of furan rings is 1. The van der Waals surface area contributed by atoms with Crippen LogP contribution in [0.5, 0.6) is 5.75 Å². The molecule has 2 aromatic heterocycles. The molecule has 1 amide bonds. The molecule has 0 bridgehead atoms. The summed E-state index contributed by atoms with van der Waals surface area (Å²) in [6, 6.07) is 6.22. The van der Waals surface area contributed by atoms with E-state index in [0.29, 0.717) is 21.5 Å². The van der Waals surface area contributed by atoms with Crippen molar-refractivity contribution in [3.63, 3.8) is 0 Å². The molecule has 10 heteroatoms. The van der Waals surface area contributed by atoms with Crippen LogP contribution in [0.25, 0.3) is 0 Å². The molecule has 0 aliphatic heterocycles. The number of carbonyl (C=O) groups excluding carboxylic acids is 1. The molecule has 0 unspecified atom stereocenters. The van der Waals surface area contributed by atoms with Gasteiger partial charge in [-0.05, 0) is 24.3 Å².